The Balaban J connectivity index is 2.54. The summed E-state index contributed by atoms with van der Waals surface area (Å²) in [5.41, 5.74) is 0. The smallest absolute Gasteiger partial charge is 0.325 e. The third-order valence-electron chi connectivity index (χ3n) is 2.61. The summed E-state index contributed by atoms with van der Waals surface area (Å²) in [5.74, 6) is -0.316. The van der Waals surface area contributed by atoms with E-state index >= 15 is 0 Å². The Labute approximate surface area is 133 Å². The molecule has 0 spiro atoms. The van der Waals surface area contributed by atoms with E-state index < -0.39 is 5.97 Å². The first-order valence-electron chi connectivity index (χ1n) is 6.49. The molecule has 0 aliphatic heterocycles. The molecule has 0 unspecified atom stereocenters. The molecule has 0 atom stereocenters. The average Bonchev–Trinajstić information content (AvgIpc) is 2.46. The van der Waals surface area contributed by atoms with E-state index in [1.54, 1.807) is 26.0 Å². The Morgan fingerprint density at radius 1 is 1.19 bits per heavy atom. The van der Waals surface area contributed by atoms with Crippen LogP contribution in [0.5, 0.6) is 5.75 Å². The molecule has 0 saturated carbocycles. The molecule has 7 heteroatoms. The Morgan fingerprint density at radius 3 is 2.48 bits per heavy atom. The quantitative estimate of drug-likeness (QED) is 0.720. The van der Waals surface area contributed by atoms with E-state index in [1.807, 2.05) is 0 Å². The molecule has 1 amide bonds. The van der Waals surface area contributed by atoms with Crippen molar-refractivity contribution in [3.8, 4) is 5.75 Å². The minimum absolute atomic E-state index is 0.0894. The summed E-state index contributed by atoms with van der Waals surface area (Å²) in [6.45, 7) is 3.88. The van der Waals surface area contributed by atoms with E-state index in [9.17, 15) is 9.59 Å². The predicted octanol–water partition coefficient (Wildman–Crippen LogP) is 2.78. The Kier molecular flexibility index (Phi) is 7.32. The fourth-order valence-electron chi connectivity index (χ4n) is 1.54. The molecule has 0 bridgehead atoms. The topological polar surface area (TPSA) is 55.8 Å². The van der Waals surface area contributed by atoms with Crippen molar-refractivity contribution in [2.45, 2.75) is 13.8 Å². The maximum absolute atomic E-state index is 12.0. The van der Waals surface area contributed by atoms with Gasteiger partial charge in [-0.1, -0.05) is 23.2 Å². The van der Waals surface area contributed by atoms with Gasteiger partial charge in [0, 0.05) is 12.6 Å². The molecule has 0 aliphatic carbocycles. The van der Waals surface area contributed by atoms with Crippen molar-refractivity contribution >= 4 is 35.1 Å². The molecule has 0 radical (unpaired) electrons. The van der Waals surface area contributed by atoms with Crippen LogP contribution >= 0.6 is 23.2 Å². The second-order valence-electron chi connectivity index (χ2n) is 4.08. The Morgan fingerprint density at radius 2 is 1.90 bits per heavy atom. The van der Waals surface area contributed by atoms with E-state index in [2.05, 4.69) is 0 Å². The first kappa shape index (κ1) is 17.6. The number of hydrogen-bond donors (Lipinski definition) is 0. The molecule has 0 N–H and O–H groups in total. The van der Waals surface area contributed by atoms with Crippen molar-refractivity contribution in [3.63, 3.8) is 0 Å². The van der Waals surface area contributed by atoms with Crippen LogP contribution in [0.4, 0.5) is 0 Å². The molecular formula is C14H17Cl2NO4. The zero-order chi connectivity index (χ0) is 15.8. The molecule has 0 saturated heterocycles. The summed E-state index contributed by atoms with van der Waals surface area (Å²) in [6.07, 6.45) is 0. The lowest BCUT2D eigenvalue weighted by Gasteiger charge is -2.19. The van der Waals surface area contributed by atoms with Crippen LogP contribution in [0.25, 0.3) is 0 Å². The average molecular weight is 334 g/mol. The van der Waals surface area contributed by atoms with Gasteiger partial charge in [-0.05, 0) is 26.0 Å². The number of nitrogens with zero attached hydrogens (tertiary/aromatic N) is 1. The summed E-state index contributed by atoms with van der Waals surface area (Å²) in [4.78, 5) is 24.7. The van der Waals surface area contributed by atoms with Crippen LogP contribution in [0, 0.1) is 0 Å². The van der Waals surface area contributed by atoms with Crippen LogP contribution in [-0.2, 0) is 14.3 Å². The van der Waals surface area contributed by atoms with Crippen molar-refractivity contribution in [2.75, 3.05) is 26.3 Å². The molecule has 5 nitrogen and oxygen atoms in total. The van der Waals surface area contributed by atoms with E-state index in [0.29, 0.717) is 22.3 Å². The number of amides is 1. The van der Waals surface area contributed by atoms with Crippen LogP contribution in [0.15, 0.2) is 18.2 Å². The number of likely N-dealkylation sites (N-methyl/N-ethyl adjacent to an activating group) is 1. The number of halogens is 2. The highest BCUT2D eigenvalue weighted by Gasteiger charge is 2.16. The van der Waals surface area contributed by atoms with E-state index in [1.165, 1.54) is 11.0 Å². The van der Waals surface area contributed by atoms with Crippen molar-refractivity contribution in [1.29, 1.82) is 0 Å². The third-order valence-corrected chi connectivity index (χ3v) is 3.35. The molecule has 1 aromatic carbocycles. The molecule has 116 valence electrons. The zero-order valence-corrected chi connectivity index (χ0v) is 13.4. The van der Waals surface area contributed by atoms with Gasteiger partial charge in [0.05, 0.1) is 16.7 Å². The summed E-state index contributed by atoms with van der Waals surface area (Å²) < 4.78 is 10.2. The summed E-state index contributed by atoms with van der Waals surface area (Å²) in [5, 5.41) is 0.758. The van der Waals surface area contributed by atoms with Crippen molar-refractivity contribution < 1.29 is 19.1 Å². The van der Waals surface area contributed by atoms with Gasteiger partial charge in [-0.25, -0.2) is 0 Å². The summed E-state index contributed by atoms with van der Waals surface area (Å²) in [6, 6.07) is 4.72. The zero-order valence-electron chi connectivity index (χ0n) is 11.9. The van der Waals surface area contributed by atoms with Gasteiger partial charge in [-0.3, -0.25) is 9.59 Å². The predicted molar refractivity (Wildman–Crippen MR) is 80.8 cm³/mol. The molecule has 21 heavy (non-hydrogen) atoms. The molecule has 0 fully saturated rings. The van der Waals surface area contributed by atoms with Crippen LogP contribution < -0.4 is 4.74 Å². The lowest BCUT2D eigenvalue weighted by Crippen LogP contribution is -2.39. The highest BCUT2D eigenvalue weighted by atomic mass is 35.5. The van der Waals surface area contributed by atoms with E-state index in [4.69, 9.17) is 32.7 Å². The second-order valence-corrected chi connectivity index (χ2v) is 4.89. The minimum Gasteiger partial charge on any atom is -0.484 e. The Bertz CT molecular complexity index is 508. The normalized spacial score (nSPS) is 10.1. The molecule has 1 rings (SSSR count). The number of hydrogen-bond acceptors (Lipinski definition) is 4. The number of rotatable bonds is 7. The van der Waals surface area contributed by atoms with Crippen LogP contribution in [0.2, 0.25) is 10.0 Å². The first-order valence-corrected chi connectivity index (χ1v) is 7.24. The summed E-state index contributed by atoms with van der Waals surface area (Å²) in [7, 11) is 0. The Hall–Kier alpha value is -1.46. The second kappa shape index (κ2) is 8.74. The monoisotopic (exact) mass is 333 g/mol. The molecule has 0 aliphatic rings. The number of benzene rings is 1. The van der Waals surface area contributed by atoms with Crippen molar-refractivity contribution in [2.24, 2.45) is 0 Å². The van der Waals surface area contributed by atoms with Gasteiger partial charge < -0.3 is 14.4 Å². The lowest BCUT2D eigenvalue weighted by atomic mass is 10.3. The number of carbonyl (C=O) groups is 2. The van der Waals surface area contributed by atoms with Crippen LogP contribution in [0.1, 0.15) is 13.8 Å². The van der Waals surface area contributed by atoms with Gasteiger partial charge in [0.15, 0.2) is 6.61 Å². The van der Waals surface area contributed by atoms with Gasteiger partial charge in [0.2, 0.25) is 0 Å². The number of esters is 1. The standard InChI is InChI=1S/C14H17Cl2NO4/c1-3-17(8-14(19)20-4-2)13(18)9-21-10-5-6-11(15)12(16)7-10/h5-7H,3-4,8-9H2,1-2H3. The fourth-order valence-corrected chi connectivity index (χ4v) is 1.83. The largest absolute Gasteiger partial charge is 0.484 e. The van der Waals surface area contributed by atoms with Gasteiger partial charge in [-0.15, -0.1) is 0 Å². The van der Waals surface area contributed by atoms with Gasteiger partial charge in [0.1, 0.15) is 12.3 Å². The van der Waals surface area contributed by atoms with Gasteiger partial charge in [-0.2, -0.15) is 0 Å². The fraction of sp³-hybridized carbons (Fsp3) is 0.429. The maximum atomic E-state index is 12.0. The highest BCUT2D eigenvalue weighted by molar-refractivity contribution is 6.42. The molecule has 0 heterocycles. The highest BCUT2D eigenvalue weighted by Crippen LogP contribution is 2.26. The van der Waals surface area contributed by atoms with E-state index in [0.717, 1.165) is 0 Å². The summed E-state index contributed by atoms with van der Waals surface area (Å²) >= 11 is 11.6. The SMILES string of the molecule is CCOC(=O)CN(CC)C(=O)COc1ccc(Cl)c(Cl)c1. The molecule has 0 aromatic heterocycles. The van der Waals surface area contributed by atoms with Crippen molar-refractivity contribution in [1.82, 2.24) is 4.90 Å². The van der Waals surface area contributed by atoms with Crippen LogP contribution in [-0.4, -0.2) is 43.1 Å². The minimum atomic E-state index is -0.442. The van der Waals surface area contributed by atoms with Gasteiger partial charge in [0.25, 0.3) is 5.91 Å². The third kappa shape index (κ3) is 5.81. The lowest BCUT2D eigenvalue weighted by molar-refractivity contribution is -0.149. The van der Waals surface area contributed by atoms with Gasteiger partial charge >= 0.3 is 5.97 Å². The molecule has 1 aromatic rings. The maximum Gasteiger partial charge on any atom is 0.325 e. The number of ether oxygens (including phenoxy) is 2. The molecular weight excluding hydrogens is 317 g/mol. The van der Waals surface area contributed by atoms with Crippen molar-refractivity contribution in [3.05, 3.63) is 28.2 Å². The van der Waals surface area contributed by atoms with E-state index in [-0.39, 0.29) is 25.7 Å². The first-order chi connectivity index (χ1) is 9.97. The van der Waals surface area contributed by atoms with Crippen LogP contribution in [0.3, 0.4) is 0 Å². The number of carbonyl (C=O) groups excluding carboxylic acids is 2.